The predicted octanol–water partition coefficient (Wildman–Crippen LogP) is 9.22. The Hall–Kier alpha value is -1.82. The lowest BCUT2D eigenvalue weighted by Gasteiger charge is -2.47. The molecule has 0 radical (unpaired) electrons. The van der Waals surface area contributed by atoms with Gasteiger partial charge >= 0.3 is 0 Å². The molecule has 168 valence electrons. The van der Waals surface area contributed by atoms with Gasteiger partial charge in [0.25, 0.3) is 0 Å². The third-order valence-corrected chi connectivity index (χ3v) is 7.23. The molecule has 0 aliphatic heterocycles. The molecule has 0 spiro atoms. The van der Waals surface area contributed by atoms with Gasteiger partial charge in [-0.25, -0.2) is 0 Å². The fourth-order valence-corrected chi connectivity index (χ4v) is 5.74. The minimum Gasteiger partial charge on any atom is -0.100 e. The van der Waals surface area contributed by atoms with Crippen LogP contribution in [0.25, 0.3) is 0 Å². The first kappa shape index (κ1) is 23.8. The number of hydrogen-bond acceptors (Lipinski definition) is 0. The quantitative estimate of drug-likeness (QED) is 0.357. The average Bonchev–Trinajstić information content (AvgIpc) is 2.65. The molecule has 0 heteroatoms. The SMILES string of the molecule is C=C(C)C[C@@H](C)c1ccc(C(CC(C)C)C2CC(C)(C)C2)c(Cc2ccc(C)cc2)c1. The van der Waals surface area contributed by atoms with Crippen LogP contribution in [0.5, 0.6) is 0 Å². The van der Waals surface area contributed by atoms with Gasteiger partial charge in [-0.2, -0.15) is 0 Å². The van der Waals surface area contributed by atoms with Crippen molar-refractivity contribution in [2.24, 2.45) is 17.3 Å². The Morgan fingerprint density at radius 2 is 1.68 bits per heavy atom. The number of allylic oxidation sites excluding steroid dienone is 1. The summed E-state index contributed by atoms with van der Waals surface area (Å²) in [7, 11) is 0. The van der Waals surface area contributed by atoms with Crippen LogP contribution in [0.4, 0.5) is 0 Å². The summed E-state index contributed by atoms with van der Waals surface area (Å²) in [5.41, 5.74) is 9.17. The first-order valence-electron chi connectivity index (χ1n) is 12.4. The molecular weight excluding hydrogens is 372 g/mol. The number of benzene rings is 2. The summed E-state index contributed by atoms with van der Waals surface area (Å²) in [6.45, 7) is 20.5. The third kappa shape index (κ3) is 6.34. The second-order valence-electron chi connectivity index (χ2n) is 11.8. The van der Waals surface area contributed by atoms with E-state index in [9.17, 15) is 0 Å². The van der Waals surface area contributed by atoms with E-state index in [4.69, 9.17) is 0 Å². The van der Waals surface area contributed by atoms with Crippen molar-refractivity contribution >= 4 is 0 Å². The fourth-order valence-electron chi connectivity index (χ4n) is 5.74. The fraction of sp³-hybridized carbons (Fsp3) is 0.548. The van der Waals surface area contributed by atoms with Crippen molar-refractivity contribution < 1.29 is 0 Å². The van der Waals surface area contributed by atoms with Gasteiger partial charge in [0.15, 0.2) is 0 Å². The molecule has 0 N–H and O–H groups in total. The van der Waals surface area contributed by atoms with Gasteiger partial charge in [0.1, 0.15) is 0 Å². The van der Waals surface area contributed by atoms with E-state index in [1.165, 1.54) is 41.5 Å². The van der Waals surface area contributed by atoms with Crippen molar-refractivity contribution in [1.82, 2.24) is 0 Å². The Morgan fingerprint density at radius 3 is 2.23 bits per heavy atom. The Balaban J connectivity index is 1.99. The lowest BCUT2D eigenvalue weighted by Crippen LogP contribution is -2.36. The van der Waals surface area contributed by atoms with Crippen molar-refractivity contribution in [2.45, 2.75) is 92.4 Å². The molecular formula is C31H44. The summed E-state index contributed by atoms with van der Waals surface area (Å²) in [6, 6.07) is 16.6. The Morgan fingerprint density at radius 1 is 1.03 bits per heavy atom. The summed E-state index contributed by atoms with van der Waals surface area (Å²) in [6.07, 6.45) is 6.12. The topological polar surface area (TPSA) is 0 Å². The maximum Gasteiger partial charge on any atom is -0.00228 e. The van der Waals surface area contributed by atoms with E-state index in [0.717, 1.165) is 24.7 Å². The van der Waals surface area contributed by atoms with Gasteiger partial charge in [-0.1, -0.05) is 88.2 Å². The highest BCUT2D eigenvalue weighted by Gasteiger charge is 2.41. The van der Waals surface area contributed by atoms with Gasteiger partial charge in [0, 0.05) is 0 Å². The Bertz CT molecular complexity index is 873. The van der Waals surface area contributed by atoms with Gasteiger partial charge in [-0.15, -0.1) is 6.58 Å². The lowest BCUT2D eigenvalue weighted by molar-refractivity contribution is 0.0678. The van der Waals surface area contributed by atoms with Gasteiger partial charge in [-0.3, -0.25) is 0 Å². The van der Waals surface area contributed by atoms with Crippen molar-refractivity contribution in [2.75, 3.05) is 0 Å². The zero-order chi connectivity index (χ0) is 22.8. The molecule has 2 atom stereocenters. The van der Waals surface area contributed by atoms with Crippen LogP contribution in [0.1, 0.15) is 107 Å². The number of aryl methyl sites for hydroxylation is 1. The first-order valence-corrected chi connectivity index (χ1v) is 12.4. The molecule has 1 fully saturated rings. The molecule has 2 aromatic carbocycles. The summed E-state index contributed by atoms with van der Waals surface area (Å²) < 4.78 is 0. The van der Waals surface area contributed by atoms with Gasteiger partial charge in [0.05, 0.1) is 0 Å². The van der Waals surface area contributed by atoms with Crippen molar-refractivity contribution in [3.05, 3.63) is 82.4 Å². The van der Waals surface area contributed by atoms with Gasteiger partial charge in [-0.05, 0) is 97.3 Å². The standard InChI is InChI=1S/C31H44/c1-21(2)15-24(6)26-13-14-29(27(18-26)17-25-11-9-23(5)10-12-25)30(16-22(3)4)28-19-31(7,8)20-28/h9-14,18,22,24,28,30H,1,15-17,19-20H2,2-8H3/t24-,30?/m1/s1. The maximum atomic E-state index is 4.15. The highest BCUT2D eigenvalue weighted by molar-refractivity contribution is 5.40. The molecule has 0 amide bonds. The molecule has 3 rings (SSSR count). The molecule has 0 nitrogen and oxygen atoms in total. The minimum atomic E-state index is 0.521. The van der Waals surface area contributed by atoms with E-state index in [0.29, 0.717) is 17.3 Å². The molecule has 2 aromatic rings. The normalized spacial score (nSPS) is 17.9. The summed E-state index contributed by atoms with van der Waals surface area (Å²) in [4.78, 5) is 0. The van der Waals surface area contributed by atoms with E-state index in [1.54, 1.807) is 11.1 Å². The molecule has 1 aliphatic rings. The predicted molar refractivity (Wildman–Crippen MR) is 137 cm³/mol. The zero-order valence-electron chi connectivity index (χ0n) is 21.1. The van der Waals surface area contributed by atoms with E-state index < -0.39 is 0 Å². The molecule has 0 aromatic heterocycles. The molecule has 1 unspecified atom stereocenters. The second kappa shape index (κ2) is 9.76. The molecule has 31 heavy (non-hydrogen) atoms. The van der Waals surface area contributed by atoms with E-state index in [-0.39, 0.29) is 0 Å². The van der Waals surface area contributed by atoms with Crippen molar-refractivity contribution in [3.8, 4) is 0 Å². The summed E-state index contributed by atoms with van der Waals surface area (Å²) >= 11 is 0. The van der Waals surface area contributed by atoms with Gasteiger partial charge < -0.3 is 0 Å². The second-order valence-corrected chi connectivity index (χ2v) is 11.8. The van der Waals surface area contributed by atoms with Gasteiger partial charge in [0.2, 0.25) is 0 Å². The maximum absolute atomic E-state index is 4.15. The van der Waals surface area contributed by atoms with Crippen molar-refractivity contribution in [1.29, 1.82) is 0 Å². The largest absolute Gasteiger partial charge is 0.100 e. The smallest absolute Gasteiger partial charge is 0.00228 e. The highest BCUT2D eigenvalue weighted by Crippen LogP contribution is 2.53. The Kier molecular flexibility index (Phi) is 7.51. The summed E-state index contributed by atoms with van der Waals surface area (Å²) in [5, 5.41) is 0. The molecule has 0 heterocycles. The van der Waals surface area contributed by atoms with Crippen LogP contribution in [-0.4, -0.2) is 0 Å². The zero-order valence-corrected chi connectivity index (χ0v) is 21.1. The molecule has 1 aliphatic carbocycles. The number of rotatable bonds is 9. The van der Waals surface area contributed by atoms with Crippen LogP contribution in [-0.2, 0) is 6.42 Å². The van der Waals surface area contributed by atoms with Crippen LogP contribution in [0.2, 0.25) is 0 Å². The van der Waals surface area contributed by atoms with Crippen LogP contribution >= 0.6 is 0 Å². The molecule has 1 saturated carbocycles. The summed E-state index contributed by atoms with van der Waals surface area (Å²) in [5.74, 6) is 2.75. The van der Waals surface area contributed by atoms with E-state index in [1.807, 2.05) is 0 Å². The highest BCUT2D eigenvalue weighted by atomic mass is 14.5. The monoisotopic (exact) mass is 416 g/mol. The van der Waals surface area contributed by atoms with E-state index in [2.05, 4.69) is 97.5 Å². The lowest BCUT2D eigenvalue weighted by atomic mass is 9.57. The third-order valence-electron chi connectivity index (χ3n) is 7.23. The van der Waals surface area contributed by atoms with Crippen molar-refractivity contribution in [3.63, 3.8) is 0 Å². The average molecular weight is 417 g/mol. The first-order chi connectivity index (χ1) is 14.5. The molecule has 0 bridgehead atoms. The number of hydrogen-bond donors (Lipinski definition) is 0. The van der Waals surface area contributed by atoms with Crippen LogP contribution < -0.4 is 0 Å². The Labute approximate surface area is 192 Å². The van der Waals surface area contributed by atoms with E-state index >= 15 is 0 Å². The van der Waals surface area contributed by atoms with Crippen LogP contribution in [0, 0.1) is 24.2 Å². The van der Waals surface area contributed by atoms with Crippen LogP contribution in [0.15, 0.2) is 54.6 Å². The van der Waals surface area contributed by atoms with Crippen LogP contribution in [0.3, 0.4) is 0 Å². The minimum absolute atomic E-state index is 0.521. The molecule has 0 saturated heterocycles.